The number of pyridine rings is 1. The van der Waals surface area contributed by atoms with Gasteiger partial charge in [0.25, 0.3) is 0 Å². The van der Waals surface area contributed by atoms with Gasteiger partial charge in [-0.25, -0.2) is 4.98 Å². The Kier molecular flexibility index (Phi) is 4.08. The fraction of sp³-hybridized carbons (Fsp3) is 0.400. The van der Waals surface area contributed by atoms with Gasteiger partial charge in [0.15, 0.2) is 11.5 Å². The Labute approximate surface area is 164 Å². The number of aromatic nitrogens is 4. The third-order valence-corrected chi connectivity index (χ3v) is 5.50. The van der Waals surface area contributed by atoms with E-state index in [-0.39, 0.29) is 0 Å². The zero-order valence-corrected chi connectivity index (χ0v) is 15.7. The van der Waals surface area contributed by atoms with Gasteiger partial charge < -0.3 is 14.5 Å². The first kappa shape index (κ1) is 18.4. The average molecular weight is 404 g/mol. The number of rotatable bonds is 2. The highest BCUT2D eigenvalue weighted by Gasteiger charge is 2.38. The normalized spacial score (nSPS) is 19.2. The molecule has 2 aliphatic rings. The van der Waals surface area contributed by atoms with Crippen molar-refractivity contribution in [3.63, 3.8) is 0 Å². The maximum Gasteiger partial charge on any atom is 0.435 e. The number of ether oxygens (including phenoxy) is 2. The van der Waals surface area contributed by atoms with Gasteiger partial charge >= 0.3 is 6.18 Å². The first-order chi connectivity index (χ1) is 13.8. The standard InChI is InChI=1S/C20H19F3N4O2/c1-27-17(11-18(26-27)20(21,22)23)14-3-2-13-16(25-14)10-15(24-13)12-4-6-19(7-5-12)28-8-9-29-19/h2-4,10-11,24H,5-9H2,1H3. The first-order valence-electron chi connectivity index (χ1n) is 9.42. The van der Waals surface area contributed by atoms with E-state index >= 15 is 0 Å². The molecule has 152 valence electrons. The molecule has 0 atom stereocenters. The van der Waals surface area contributed by atoms with Crippen LogP contribution in [0.25, 0.3) is 28.0 Å². The molecule has 0 unspecified atom stereocenters. The van der Waals surface area contributed by atoms with Crippen LogP contribution < -0.4 is 0 Å². The van der Waals surface area contributed by atoms with Crippen molar-refractivity contribution < 1.29 is 22.6 Å². The predicted octanol–water partition coefficient (Wildman–Crippen LogP) is 4.29. The molecule has 1 N–H and O–H groups in total. The smallest absolute Gasteiger partial charge is 0.353 e. The number of hydrogen-bond donors (Lipinski definition) is 1. The van der Waals surface area contributed by atoms with Crippen LogP contribution in [0, 0.1) is 0 Å². The Morgan fingerprint density at radius 2 is 1.97 bits per heavy atom. The molecule has 1 saturated heterocycles. The van der Waals surface area contributed by atoms with Crippen LogP contribution in [0.5, 0.6) is 0 Å². The molecule has 5 rings (SSSR count). The summed E-state index contributed by atoms with van der Waals surface area (Å²) in [6.07, 6.45) is -0.0554. The lowest BCUT2D eigenvalue weighted by Gasteiger charge is -2.30. The number of aryl methyl sites for hydroxylation is 1. The molecule has 1 spiro atoms. The van der Waals surface area contributed by atoms with E-state index in [0.29, 0.717) is 36.5 Å². The molecule has 9 heteroatoms. The zero-order valence-electron chi connectivity index (χ0n) is 15.7. The van der Waals surface area contributed by atoms with Crippen LogP contribution in [0.4, 0.5) is 13.2 Å². The molecule has 29 heavy (non-hydrogen) atoms. The van der Waals surface area contributed by atoms with Crippen LogP contribution in [-0.2, 0) is 22.7 Å². The summed E-state index contributed by atoms with van der Waals surface area (Å²) in [4.78, 5) is 7.90. The molecule has 3 aromatic rings. The molecule has 3 aromatic heterocycles. The van der Waals surface area contributed by atoms with Crippen LogP contribution in [0.3, 0.4) is 0 Å². The molecule has 1 aliphatic carbocycles. The van der Waals surface area contributed by atoms with E-state index in [9.17, 15) is 13.2 Å². The first-order valence-corrected chi connectivity index (χ1v) is 9.42. The number of allylic oxidation sites excluding steroid dienone is 1. The number of halogens is 3. The number of nitrogens with one attached hydrogen (secondary N) is 1. The summed E-state index contributed by atoms with van der Waals surface area (Å²) in [6.45, 7) is 1.26. The lowest BCUT2D eigenvalue weighted by Crippen LogP contribution is -2.31. The Bertz CT molecular complexity index is 1110. The summed E-state index contributed by atoms with van der Waals surface area (Å²) >= 11 is 0. The number of aromatic amines is 1. The molecule has 1 aliphatic heterocycles. The van der Waals surface area contributed by atoms with Crippen molar-refractivity contribution in [1.82, 2.24) is 19.7 Å². The van der Waals surface area contributed by atoms with Crippen molar-refractivity contribution in [3.8, 4) is 11.4 Å². The highest BCUT2D eigenvalue weighted by molar-refractivity contribution is 5.83. The molecular formula is C20H19F3N4O2. The summed E-state index contributed by atoms with van der Waals surface area (Å²) < 4.78 is 51.5. The second-order valence-electron chi connectivity index (χ2n) is 7.39. The minimum absolute atomic E-state index is 0.316. The number of alkyl halides is 3. The monoisotopic (exact) mass is 404 g/mol. The molecule has 0 bridgehead atoms. The van der Waals surface area contributed by atoms with Crippen molar-refractivity contribution in [2.45, 2.75) is 31.2 Å². The summed E-state index contributed by atoms with van der Waals surface area (Å²) in [7, 11) is 1.48. The van der Waals surface area contributed by atoms with E-state index < -0.39 is 17.7 Å². The van der Waals surface area contributed by atoms with Gasteiger partial charge in [0.05, 0.1) is 35.6 Å². The van der Waals surface area contributed by atoms with Gasteiger partial charge in [-0.15, -0.1) is 0 Å². The van der Waals surface area contributed by atoms with Crippen LogP contribution >= 0.6 is 0 Å². The van der Waals surface area contributed by atoms with Crippen LogP contribution in [0.15, 0.2) is 30.3 Å². The van der Waals surface area contributed by atoms with Crippen LogP contribution in [-0.4, -0.2) is 38.7 Å². The van der Waals surface area contributed by atoms with Crippen molar-refractivity contribution in [2.75, 3.05) is 13.2 Å². The minimum atomic E-state index is -4.49. The predicted molar refractivity (Wildman–Crippen MR) is 99.8 cm³/mol. The summed E-state index contributed by atoms with van der Waals surface area (Å²) in [5.41, 5.74) is 3.48. The molecule has 0 aromatic carbocycles. The maximum absolute atomic E-state index is 12.9. The topological polar surface area (TPSA) is 65.0 Å². The third kappa shape index (κ3) is 3.24. The van der Waals surface area contributed by atoms with E-state index in [4.69, 9.17) is 9.47 Å². The van der Waals surface area contributed by atoms with Crippen molar-refractivity contribution >= 4 is 16.6 Å². The summed E-state index contributed by atoms with van der Waals surface area (Å²) in [6, 6.07) is 6.48. The van der Waals surface area contributed by atoms with E-state index in [2.05, 4.69) is 21.1 Å². The Balaban J connectivity index is 1.45. The molecular weight excluding hydrogens is 385 g/mol. The maximum atomic E-state index is 12.9. The van der Waals surface area contributed by atoms with Gasteiger partial charge in [-0.05, 0) is 36.3 Å². The van der Waals surface area contributed by atoms with Crippen molar-refractivity contribution in [3.05, 3.63) is 41.7 Å². The van der Waals surface area contributed by atoms with Crippen molar-refractivity contribution in [2.24, 2.45) is 7.05 Å². The number of nitrogens with zero attached hydrogens (tertiary/aromatic N) is 3. The fourth-order valence-electron chi connectivity index (χ4n) is 3.98. The van der Waals surface area contributed by atoms with E-state index in [1.54, 1.807) is 6.07 Å². The van der Waals surface area contributed by atoms with Gasteiger partial charge in [0.1, 0.15) is 0 Å². The lowest BCUT2D eigenvalue weighted by atomic mass is 9.92. The Hall–Kier alpha value is -2.65. The Morgan fingerprint density at radius 3 is 2.62 bits per heavy atom. The molecule has 0 amide bonds. The quantitative estimate of drug-likeness (QED) is 0.692. The molecule has 0 radical (unpaired) electrons. The van der Waals surface area contributed by atoms with Gasteiger partial charge in [-0.3, -0.25) is 4.68 Å². The molecule has 6 nitrogen and oxygen atoms in total. The van der Waals surface area contributed by atoms with E-state index in [0.717, 1.165) is 35.7 Å². The zero-order chi connectivity index (χ0) is 20.2. The van der Waals surface area contributed by atoms with Crippen molar-refractivity contribution in [1.29, 1.82) is 0 Å². The number of fused-ring (bicyclic) bond motifs is 1. The average Bonchev–Trinajstić information content (AvgIpc) is 3.40. The van der Waals surface area contributed by atoms with E-state index in [1.165, 1.54) is 11.7 Å². The minimum Gasteiger partial charge on any atom is -0.353 e. The third-order valence-electron chi connectivity index (χ3n) is 5.50. The lowest BCUT2D eigenvalue weighted by molar-refractivity contribution is -0.159. The van der Waals surface area contributed by atoms with Gasteiger partial charge in [0, 0.05) is 25.6 Å². The highest BCUT2D eigenvalue weighted by Crippen LogP contribution is 2.38. The van der Waals surface area contributed by atoms with E-state index in [1.807, 2.05) is 12.1 Å². The van der Waals surface area contributed by atoms with Crippen LogP contribution in [0.1, 0.15) is 30.7 Å². The number of hydrogen-bond acceptors (Lipinski definition) is 4. The highest BCUT2D eigenvalue weighted by atomic mass is 19.4. The summed E-state index contributed by atoms with van der Waals surface area (Å²) in [5.74, 6) is -0.476. The molecule has 0 saturated carbocycles. The SMILES string of the molecule is Cn1nc(C(F)(F)F)cc1-c1ccc2[nH]c(C3=CCC4(CC3)OCCO4)cc2n1. The van der Waals surface area contributed by atoms with Gasteiger partial charge in [-0.1, -0.05) is 6.08 Å². The fourth-order valence-corrected chi connectivity index (χ4v) is 3.98. The van der Waals surface area contributed by atoms with Gasteiger partial charge in [0.2, 0.25) is 0 Å². The summed E-state index contributed by atoms with van der Waals surface area (Å²) in [5, 5.41) is 3.56. The molecule has 1 fully saturated rings. The van der Waals surface area contributed by atoms with Crippen LogP contribution in [0.2, 0.25) is 0 Å². The van der Waals surface area contributed by atoms with Gasteiger partial charge in [-0.2, -0.15) is 18.3 Å². The number of H-pyrrole nitrogens is 1. The molecule has 4 heterocycles. The second kappa shape index (κ2) is 6.43. The second-order valence-corrected chi connectivity index (χ2v) is 7.39. The largest absolute Gasteiger partial charge is 0.435 e. The Morgan fingerprint density at radius 1 is 1.17 bits per heavy atom.